The second-order valence-corrected chi connectivity index (χ2v) is 7.38. The van der Waals surface area contributed by atoms with E-state index in [-0.39, 0.29) is 6.61 Å². The van der Waals surface area contributed by atoms with Crippen molar-refractivity contribution in [2.24, 2.45) is 5.10 Å². The maximum Gasteiger partial charge on any atom is 0.119 e. The molecule has 1 atom stereocenters. The molecule has 1 unspecified atom stereocenters. The summed E-state index contributed by atoms with van der Waals surface area (Å²) in [5.41, 5.74) is 6.46. The van der Waals surface area contributed by atoms with Gasteiger partial charge in [-0.05, 0) is 67.1 Å². The van der Waals surface area contributed by atoms with Crippen LogP contribution in [0.1, 0.15) is 17.5 Å². The normalized spacial score (nSPS) is 12.3. The van der Waals surface area contributed by atoms with Gasteiger partial charge in [-0.25, -0.2) is 4.39 Å². The van der Waals surface area contributed by atoms with E-state index in [4.69, 9.17) is 21.1 Å². The van der Waals surface area contributed by atoms with E-state index < -0.39 is 12.8 Å². The van der Waals surface area contributed by atoms with E-state index in [1.165, 1.54) is 0 Å². The lowest BCUT2D eigenvalue weighted by Crippen LogP contribution is -2.19. The Labute approximate surface area is 192 Å². The van der Waals surface area contributed by atoms with Gasteiger partial charge in [0.15, 0.2) is 0 Å². The topological polar surface area (TPSA) is 63.1 Å². The standard InChI is InChI=1S/C25H26ClFN2O3/c26-15-4-16-31-23-11-7-19(8-12-23)25(29-28-21-5-2-1-3-6-21)20-9-13-24(14-10-20)32-18-22(30)17-27/h1-3,5-14,22,28,30H,4,15-18H2/b29-25+. The van der Waals surface area contributed by atoms with E-state index in [2.05, 4.69) is 10.5 Å². The molecule has 7 heteroatoms. The van der Waals surface area contributed by atoms with Crippen LogP contribution in [0.3, 0.4) is 0 Å². The van der Waals surface area contributed by atoms with E-state index in [0.717, 1.165) is 34.7 Å². The van der Waals surface area contributed by atoms with Crippen molar-refractivity contribution >= 4 is 23.0 Å². The van der Waals surface area contributed by atoms with Crippen LogP contribution in [0.2, 0.25) is 0 Å². The van der Waals surface area contributed by atoms with Crippen molar-refractivity contribution in [1.29, 1.82) is 0 Å². The molecule has 5 nitrogen and oxygen atoms in total. The molecule has 3 rings (SSSR count). The van der Waals surface area contributed by atoms with E-state index in [9.17, 15) is 9.50 Å². The molecule has 0 saturated carbocycles. The van der Waals surface area contributed by atoms with E-state index >= 15 is 0 Å². The number of ether oxygens (including phenoxy) is 2. The summed E-state index contributed by atoms with van der Waals surface area (Å²) in [6.45, 7) is -0.374. The summed E-state index contributed by atoms with van der Waals surface area (Å²) in [6, 6.07) is 24.6. The van der Waals surface area contributed by atoms with Gasteiger partial charge in [0, 0.05) is 17.0 Å². The highest BCUT2D eigenvalue weighted by atomic mass is 35.5. The minimum absolute atomic E-state index is 0.0997. The van der Waals surface area contributed by atoms with Crippen LogP contribution in [0.15, 0.2) is 84.0 Å². The van der Waals surface area contributed by atoms with Crippen LogP contribution in [0.4, 0.5) is 10.1 Å². The number of aliphatic hydroxyl groups is 1. The van der Waals surface area contributed by atoms with E-state index in [1.54, 1.807) is 12.1 Å². The molecule has 0 fully saturated rings. The number of para-hydroxylation sites is 1. The van der Waals surface area contributed by atoms with Gasteiger partial charge in [-0.3, -0.25) is 5.43 Å². The highest BCUT2D eigenvalue weighted by molar-refractivity contribution is 6.17. The molecule has 0 amide bonds. The maximum atomic E-state index is 12.4. The Balaban J connectivity index is 1.81. The fraction of sp³-hybridized carbons (Fsp3) is 0.240. The predicted octanol–water partition coefficient (Wildman–Crippen LogP) is 5.27. The van der Waals surface area contributed by atoms with Crippen LogP contribution >= 0.6 is 11.6 Å². The first-order valence-corrected chi connectivity index (χ1v) is 10.9. The van der Waals surface area contributed by atoms with Gasteiger partial charge in [-0.2, -0.15) is 5.10 Å². The zero-order valence-electron chi connectivity index (χ0n) is 17.6. The van der Waals surface area contributed by atoms with Crippen molar-refractivity contribution in [1.82, 2.24) is 0 Å². The Kier molecular flexibility index (Phi) is 9.35. The Morgan fingerprint density at radius 1 is 0.906 bits per heavy atom. The predicted molar refractivity (Wildman–Crippen MR) is 127 cm³/mol. The summed E-state index contributed by atoms with van der Waals surface area (Å²) in [7, 11) is 0. The lowest BCUT2D eigenvalue weighted by molar-refractivity contribution is 0.0842. The first-order valence-electron chi connectivity index (χ1n) is 10.3. The number of alkyl halides is 2. The molecule has 0 heterocycles. The van der Waals surface area contributed by atoms with E-state index in [0.29, 0.717) is 18.2 Å². The first-order chi connectivity index (χ1) is 15.7. The molecule has 32 heavy (non-hydrogen) atoms. The van der Waals surface area contributed by atoms with Gasteiger partial charge in [-0.1, -0.05) is 18.2 Å². The Hall–Kier alpha value is -3.09. The number of hydrazone groups is 1. The van der Waals surface area contributed by atoms with Crippen LogP contribution < -0.4 is 14.9 Å². The lowest BCUT2D eigenvalue weighted by Gasteiger charge is -2.12. The second-order valence-electron chi connectivity index (χ2n) is 7.00. The molecule has 0 aromatic heterocycles. The number of rotatable bonds is 12. The van der Waals surface area contributed by atoms with Gasteiger partial charge < -0.3 is 14.6 Å². The van der Waals surface area contributed by atoms with E-state index in [1.807, 2.05) is 66.7 Å². The molecule has 0 radical (unpaired) electrons. The summed E-state index contributed by atoms with van der Waals surface area (Å²) in [5.74, 6) is 1.87. The van der Waals surface area contributed by atoms with Crippen molar-refractivity contribution in [3.05, 3.63) is 90.0 Å². The number of aliphatic hydroxyl groups excluding tert-OH is 1. The maximum absolute atomic E-state index is 12.4. The number of nitrogens with zero attached hydrogens (tertiary/aromatic N) is 1. The highest BCUT2D eigenvalue weighted by Gasteiger charge is 2.10. The number of halogens is 2. The molecule has 0 aliphatic rings. The second kappa shape index (κ2) is 12.7. The van der Waals surface area contributed by atoms with Gasteiger partial charge in [0.2, 0.25) is 0 Å². The molecule has 0 aliphatic carbocycles. The quantitative estimate of drug-likeness (QED) is 0.169. The summed E-state index contributed by atoms with van der Waals surface area (Å²) >= 11 is 5.70. The third kappa shape index (κ3) is 7.25. The number of hydrogen-bond acceptors (Lipinski definition) is 5. The Bertz CT molecular complexity index is 967. The zero-order valence-corrected chi connectivity index (χ0v) is 18.3. The van der Waals surface area contributed by atoms with Crippen molar-refractivity contribution in [3.63, 3.8) is 0 Å². The minimum Gasteiger partial charge on any atom is -0.494 e. The van der Waals surface area contributed by atoms with Crippen LogP contribution in [0.25, 0.3) is 0 Å². The Morgan fingerprint density at radius 2 is 1.50 bits per heavy atom. The molecule has 0 saturated heterocycles. The van der Waals surface area contributed by atoms with Gasteiger partial charge in [0.1, 0.15) is 30.9 Å². The largest absolute Gasteiger partial charge is 0.494 e. The smallest absolute Gasteiger partial charge is 0.119 e. The van der Waals surface area contributed by atoms with Gasteiger partial charge >= 0.3 is 0 Å². The minimum atomic E-state index is -1.13. The van der Waals surface area contributed by atoms with Crippen molar-refractivity contribution in [2.45, 2.75) is 12.5 Å². The molecular formula is C25H26ClFN2O3. The fourth-order valence-electron chi connectivity index (χ4n) is 2.83. The zero-order chi connectivity index (χ0) is 22.6. The molecule has 0 spiro atoms. The van der Waals surface area contributed by atoms with Crippen molar-refractivity contribution < 1.29 is 19.0 Å². The van der Waals surface area contributed by atoms with Crippen molar-refractivity contribution in [3.8, 4) is 11.5 Å². The average molecular weight is 457 g/mol. The first kappa shape index (κ1) is 23.6. The number of hydrogen-bond donors (Lipinski definition) is 2. The molecule has 2 N–H and O–H groups in total. The summed E-state index contributed by atoms with van der Waals surface area (Å²) < 4.78 is 23.5. The monoisotopic (exact) mass is 456 g/mol. The summed E-state index contributed by atoms with van der Waals surface area (Å²) in [6.07, 6.45) is -0.347. The molecule has 0 bridgehead atoms. The molecule has 168 valence electrons. The van der Waals surface area contributed by atoms with Crippen LogP contribution in [-0.4, -0.2) is 42.7 Å². The number of nitrogens with one attached hydrogen (secondary N) is 1. The molecule has 3 aromatic rings. The third-order valence-corrected chi connectivity index (χ3v) is 4.76. The third-order valence-electron chi connectivity index (χ3n) is 4.49. The van der Waals surface area contributed by atoms with Gasteiger partial charge in [0.05, 0.1) is 18.0 Å². The van der Waals surface area contributed by atoms with Crippen LogP contribution in [0, 0.1) is 0 Å². The van der Waals surface area contributed by atoms with Gasteiger partial charge in [-0.15, -0.1) is 11.6 Å². The lowest BCUT2D eigenvalue weighted by atomic mass is 10.0. The molecule has 3 aromatic carbocycles. The number of anilines is 1. The highest BCUT2D eigenvalue weighted by Crippen LogP contribution is 2.20. The van der Waals surface area contributed by atoms with Gasteiger partial charge in [0.25, 0.3) is 0 Å². The fourth-order valence-corrected chi connectivity index (χ4v) is 2.94. The molecule has 0 aliphatic heterocycles. The summed E-state index contributed by atoms with van der Waals surface area (Å²) in [5, 5.41) is 14.0. The summed E-state index contributed by atoms with van der Waals surface area (Å²) in [4.78, 5) is 0. The SMILES string of the molecule is OC(CF)COc1ccc(/C(=N/Nc2ccccc2)c2ccc(OCCCCl)cc2)cc1. The van der Waals surface area contributed by atoms with Crippen molar-refractivity contribution in [2.75, 3.05) is 31.2 Å². The van der Waals surface area contributed by atoms with Crippen LogP contribution in [-0.2, 0) is 0 Å². The van der Waals surface area contributed by atoms with Crippen LogP contribution in [0.5, 0.6) is 11.5 Å². The Morgan fingerprint density at radius 3 is 2.06 bits per heavy atom. The number of benzene rings is 3. The average Bonchev–Trinajstić information content (AvgIpc) is 2.85. The molecular weight excluding hydrogens is 431 g/mol.